The Morgan fingerprint density at radius 3 is 2.64 bits per heavy atom. The molecule has 0 spiro atoms. The van der Waals surface area contributed by atoms with Gasteiger partial charge in [0.1, 0.15) is 5.69 Å². The highest BCUT2D eigenvalue weighted by molar-refractivity contribution is 5.99. The number of carboxylic acids is 1. The number of amides is 1. The van der Waals surface area contributed by atoms with Crippen LogP contribution in [-0.4, -0.2) is 40.0 Å². The summed E-state index contributed by atoms with van der Waals surface area (Å²) in [5.41, 5.74) is 4.52. The fraction of sp³-hybridized carbons (Fsp3) is 0.238. The third-order valence-corrected chi connectivity index (χ3v) is 5.06. The minimum atomic E-state index is -0.998. The van der Waals surface area contributed by atoms with Gasteiger partial charge in [0.2, 0.25) is 0 Å². The van der Waals surface area contributed by atoms with Crippen LogP contribution in [0.1, 0.15) is 40.1 Å². The minimum absolute atomic E-state index is 0.0631. The first-order valence-corrected chi connectivity index (χ1v) is 9.04. The van der Waals surface area contributed by atoms with E-state index >= 15 is 0 Å². The van der Waals surface area contributed by atoms with Gasteiger partial charge in [-0.25, -0.2) is 14.8 Å². The van der Waals surface area contributed by atoms with E-state index in [0.717, 1.165) is 11.1 Å². The lowest BCUT2D eigenvalue weighted by atomic mass is 10.0. The third-order valence-electron chi connectivity index (χ3n) is 5.06. The first-order chi connectivity index (χ1) is 13.3. The molecule has 0 fully saturated rings. The highest BCUT2D eigenvalue weighted by Gasteiger charge is 2.22. The van der Waals surface area contributed by atoms with Crippen LogP contribution in [0.2, 0.25) is 0 Å². The van der Waals surface area contributed by atoms with Crippen molar-refractivity contribution in [1.82, 2.24) is 15.3 Å². The molecule has 4 rings (SSSR count). The van der Waals surface area contributed by atoms with Crippen molar-refractivity contribution in [3.05, 3.63) is 53.1 Å². The fourth-order valence-corrected chi connectivity index (χ4v) is 3.24. The normalized spacial score (nSPS) is 12.9. The average Bonchev–Trinajstić information content (AvgIpc) is 3.06. The number of rotatable bonds is 4. The molecule has 0 radical (unpaired) electrons. The molecule has 0 unspecified atom stereocenters. The Balaban J connectivity index is 1.93. The molecular formula is C21H20N4O3. The number of hydrogen-bond donors (Lipinski definition) is 2. The Morgan fingerprint density at radius 1 is 1.14 bits per heavy atom. The molecule has 1 aliphatic heterocycles. The van der Waals surface area contributed by atoms with Crippen molar-refractivity contribution in [1.29, 1.82) is 0 Å². The first-order valence-electron chi connectivity index (χ1n) is 9.04. The summed E-state index contributed by atoms with van der Waals surface area (Å²) in [6, 6.07) is 10.6. The molecular weight excluding hydrogens is 356 g/mol. The van der Waals surface area contributed by atoms with Crippen LogP contribution in [0.5, 0.6) is 0 Å². The lowest BCUT2D eigenvalue weighted by molar-refractivity contribution is 0.0696. The van der Waals surface area contributed by atoms with Gasteiger partial charge in [-0.3, -0.25) is 4.79 Å². The van der Waals surface area contributed by atoms with Crippen LogP contribution >= 0.6 is 0 Å². The predicted octanol–water partition coefficient (Wildman–Crippen LogP) is 3.08. The van der Waals surface area contributed by atoms with E-state index < -0.39 is 5.97 Å². The molecule has 0 saturated heterocycles. The zero-order valence-corrected chi connectivity index (χ0v) is 15.9. The van der Waals surface area contributed by atoms with E-state index in [0.29, 0.717) is 34.7 Å². The van der Waals surface area contributed by atoms with Crippen molar-refractivity contribution < 1.29 is 14.7 Å². The molecule has 7 nitrogen and oxygen atoms in total. The van der Waals surface area contributed by atoms with E-state index in [9.17, 15) is 14.7 Å². The van der Waals surface area contributed by atoms with Gasteiger partial charge in [-0.2, -0.15) is 0 Å². The van der Waals surface area contributed by atoms with E-state index in [4.69, 9.17) is 9.97 Å². The third kappa shape index (κ3) is 2.94. The van der Waals surface area contributed by atoms with Crippen LogP contribution in [0.4, 0.5) is 5.82 Å². The monoisotopic (exact) mass is 376 g/mol. The summed E-state index contributed by atoms with van der Waals surface area (Å²) in [6.07, 6.45) is 0. The van der Waals surface area contributed by atoms with Gasteiger partial charge in [-0.05, 0) is 49.7 Å². The van der Waals surface area contributed by atoms with Gasteiger partial charge in [-0.15, -0.1) is 0 Å². The zero-order chi connectivity index (χ0) is 20.0. The van der Waals surface area contributed by atoms with Crippen molar-refractivity contribution in [2.75, 3.05) is 11.9 Å². The minimum Gasteiger partial charge on any atom is -0.478 e. The number of benzene rings is 2. The molecule has 1 aromatic heterocycles. The summed E-state index contributed by atoms with van der Waals surface area (Å²) in [4.78, 5) is 34.7. The number of aromatic carboxylic acids is 1. The highest BCUT2D eigenvalue weighted by atomic mass is 16.4. The molecule has 2 heterocycles. The molecule has 3 aromatic rings. The van der Waals surface area contributed by atoms with E-state index in [1.165, 1.54) is 12.1 Å². The van der Waals surface area contributed by atoms with Crippen LogP contribution in [0.3, 0.4) is 0 Å². The van der Waals surface area contributed by atoms with Gasteiger partial charge >= 0.3 is 5.97 Å². The molecule has 1 aliphatic rings. The van der Waals surface area contributed by atoms with Crippen molar-refractivity contribution in [3.63, 3.8) is 0 Å². The van der Waals surface area contributed by atoms with E-state index in [1.54, 1.807) is 6.07 Å². The van der Waals surface area contributed by atoms with Crippen molar-refractivity contribution in [2.45, 2.75) is 26.4 Å². The Kier molecular flexibility index (Phi) is 4.22. The number of nitrogens with one attached hydrogen (secondary N) is 1. The van der Waals surface area contributed by atoms with Crippen LogP contribution in [0.15, 0.2) is 36.4 Å². The van der Waals surface area contributed by atoms with E-state index in [-0.39, 0.29) is 17.5 Å². The first kappa shape index (κ1) is 17.9. The average molecular weight is 376 g/mol. The van der Waals surface area contributed by atoms with E-state index in [1.807, 2.05) is 30.1 Å². The number of hydrogen-bond acceptors (Lipinski definition) is 5. The van der Waals surface area contributed by atoms with Gasteiger partial charge < -0.3 is 15.3 Å². The number of carbonyl (C=O) groups excluding carboxylic acids is 1. The Labute approximate surface area is 162 Å². The van der Waals surface area contributed by atoms with Gasteiger partial charge in [0, 0.05) is 30.8 Å². The fourth-order valence-electron chi connectivity index (χ4n) is 3.24. The number of nitrogens with zero attached hydrogens (tertiary/aromatic N) is 3. The van der Waals surface area contributed by atoms with Crippen LogP contribution in [0.25, 0.3) is 22.3 Å². The summed E-state index contributed by atoms with van der Waals surface area (Å²) in [7, 11) is 1.93. The number of anilines is 1. The quantitative estimate of drug-likeness (QED) is 0.727. The van der Waals surface area contributed by atoms with Gasteiger partial charge in [0.15, 0.2) is 5.82 Å². The second-order valence-corrected chi connectivity index (χ2v) is 7.16. The van der Waals surface area contributed by atoms with Crippen molar-refractivity contribution in [2.24, 2.45) is 0 Å². The Hall–Kier alpha value is -3.48. The van der Waals surface area contributed by atoms with Gasteiger partial charge in [0.25, 0.3) is 5.91 Å². The largest absolute Gasteiger partial charge is 0.478 e. The zero-order valence-electron chi connectivity index (χ0n) is 15.9. The van der Waals surface area contributed by atoms with Crippen LogP contribution < -0.4 is 10.2 Å². The maximum Gasteiger partial charge on any atom is 0.335 e. The molecule has 142 valence electrons. The molecule has 1 amide bonds. The Bertz CT molecular complexity index is 1120. The number of carbonyl (C=O) groups is 2. The molecule has 28 heavy (non-hydrogen) atoms. The summed E-state index contributed by atoms with van der Waals surface area (Å²) >= 11 is 0. The maximum absolute atomic E-state index is 11.8. The highest BCUT2D eigenvalue weighted by Crippen LogP contribution is 2.32. The number of aromatic nitrogens is 2. The lowest BCUT2D eigenvalue weighted by Gasteiger charge is -2.25. The van der Waals surface area contributed by atoms with Crippen LogP contribution in [-0.2, 0) is 6.54 Å². The second kappa shape index (κ2) is 6.60. The lowest BCUT2D eigenvalue weighted by Crippen LogP contribution is -2.27. The molecule has 0 atom stereocenters. The topological polar surface area (TPSA) is 95.4 Å². The number of fused-ring (bicyclic) bond motifs is 2. The number of carboxylic acid groups (broad SMARTS) is 1. The Morgan fingerprint density at radius 2 is 1.93 bits per heavy atom. The molecule has 2 aromatic carbocycles. The van der Waals surface area contributed by atoms with Crippen molar-refractivity contribution in [3.8, 4) is 11.3 Å². The molecule has 7 heteroatoms. The van der Waals surface area contributed by atoms with Crippen LogP contribution in [0, 0.1) is 0 Å². The van der Waals surface area contributed by atoms with Gasteiger partial charge in [0.05, 0.1) is 16.6 Å². The molecule has 0 aliphatic carbocycles. The standard InChI is InChI=1S/C21H20N4O3/c1-11(2)25(3)19-18(12-4-6-15-14(8-12)10-22-20(15)26)23-16-7-5-13(21(27)28)9-17(16)24-19/h4-9,11H,10H2,1-3H3,(H,22,26)(H,27,28). The van der Waals surface area contributed by atoms with E-state index in [2.05, 4.69) is 19.2 Å². The van der Waals surface area contributed by atoms with Crippen molar-refractivity contribution >= 4 is 28.7 Å². The molecule has 2 N–H and O–H groups in total. The molecule has 0 saturated carbocycles. The maximum atomic E-state index is 11.8. The molecule has 0 bridgehead atoms. The predicted molar refractivity (Wildman–Crippen MR) is 107 cm³/mol. The SMILES string of the molecule is CC(C)N(C)c1nc2cc(C(=O)O)ccc2nc1-c1ccc2c(c1)CNC2=O. The summed E-state index contributed by atoms with van der Waals surface area (Å²) in [5, 5.41) is 12.1. The summed E-state index contributed by atoms with van der Waals surface area (Å²) in [6.45, 7) is 4.60. The summed E-state index contributed by atoms with van der Waals surface area (Å²) in [5.74, 6) is -0.392. The smallest absolute Gasteiger partial charge is 0.335 e. The van der Waals surface area contributed by atoms with Gasteiger partial charge in [-0.1, -0.05) is 6.07 Å². The second-order valence-electron chi connectivity index (χ2n) is 7.16. The summed E-state index contributed by atoms with van der Waals surface area (Å²) < 4.78 is 0.